The number of rotatable bonds is 4. The van der Waals surface area contributed by atoms with Crippen LogP contribution >= 0.6 is 22.9 Å². The number of hydrogen-bond acceptors (Lipinski definition) is 3. The maximum Gasteiger partial charge on any atom is 0.258 e. The summed E-state index contributed by atoms with van der Waals surface area (Å²) in [5, 5.41) is 4.16. The molecule has 0 fully saturated rings. The van der Waals surface area contributed by atoms with Gasteiger partial charge in [-0.05, 0) is 54.4 Å². The molecule has 0 unspecified atom stereocenters. The van der Waals surface area contributed by atoms with Crippen LogP contribution in [0.1, 0.15) is 54.4 Å². The average molecular weight is 377 g/mol. The molecule has 0 bridgehead atoms. The van der Waals surface area contributed by atoms with Crippen molar-refractivity contribution in [2.75, 3.05) is 11.1 Å². The number of nitrogens with one attached hydrogen (secondary N) is 1. The maximum atomic E-state index is 12.8. The molecule has 1 amide bonds. The molecule has 1 heterocycles. The lowest BCUT2D eigenvalue weighted by molar-refractivity contribution is 0.102. The highest BCUT2D eigenvalue weighted by Crippen LogP contribution is 2.44. The highest BCUT2D eigenvalue weighted by atomic mass is 35.5. The smallest absolute Gasteiger partial charge is 0.258 e. The predicted octanol–water partition coefficient (Wildman–Crippen LogP) is 5.78. The number of benzene rings is 1. The Bertz CT molecular complexity index is 797. The van der Waals surface area contributed by atoms with Crippen molar-refractivity contribution in [3.8, 4) is 0 Å². The van der Waals surface area contributed by atoms with Gasteiger partial charge >= 0.3 is 0 Å². The second-order valence-corrected chi connectivity index (χ2v) is 9.06. The van der Waals surface area contributed by atoms with Crippen LogP contribution in [0.3, 0.4) is 0 Å². The zero-order valence-corrected chi connectivity index (χ0v) is 16.6. The van der Waals surface area contributed by atoms with Gasteiger partial charge in [-0.25, -0.2) is 0 Å². The summed E-state index contributed by atoms with van der Waals surface area (Å²) in [7, 11) is 0. The highest BCUT2D eigenvalue weighted by molar-refractivity contribution is 7.16. The summed E-state index contributed by atoms with van der Waals surface area (Å²) in [4.78, 5) is 14.1. The molecule has 1 atom stereocenters. The minimum atomic E-state index is -0.134. The molecule has 2 aromatic rings. The summed E-state index contributed by atoms with van der Waals surface area (Å²) in [6, 6.07) is 7.18. The van der Waals surface area contributed by atoms with Crippen LogP contribution in [-0.2, 0) is 12.8 Å². The predicted molar refractivity (Wildman–Crippen MR) is 108 cm³/mol. The Balaban J connectivity index is 1.84. The Morgan fingerprint density at radius 3 is 2.88 bits per heavy atom. The minimum Gasteiger partial charge on any atom is -0.390 e. The topological polar surface area (TPSA) is 55.1 Å². The first-order chi connectivity index (χ1) is 11.8. The lowest BCUT2D eigenvalue weighted by Crippen LogP contribution is -2.29. The van der Waals surface area contributed by atoms with Crippen LogP contribution in [0.4, 0.5) is 10.7 Å². The summed E-state index contributed by atoms with van der Waals surface area (Å²) in [5.74, 6) is 0.511. The van der Waals surface area contributed by atoms with Gasteiger partial charge in [-0.15, -0.1) is 11.3 Å². The fourth-order valence-corrected chi connectivity index (χ4v) is 4.96. The molecule has 3 rings (SSSR count). The van der Waals surface area contributed by atoms with Gasteiger partial charge in [0.15, 0.2) is 0 Å². The van der Waals surface area contributed by atoms with Crippen LogP contribution in [0.2, 0.25) is 5.02 Å². The number of thiophene rings is 1. The van der Waals surface area contributed by atoms with Gasteiger partial charge < -0.3 is 11.1 Å². The van der Waals surface area contributed by atoms with E-state index in [0.717, 1.165) is 31.2 Å². The number of nitrogen functional groups attached to an aromatic ring is 1. The van der Waals surface area contributed by atoms with Crippen LogP contribution in [0, 0.1) is 11.3 Å². The number of fused-ring (bicyclic) bond motifs is 1. The molecule has 0 saturated heterocycles. The number of carbonyl (C=O) groups excluding carboxylic acids is 1. The van der Waals surface area contributed by atoms with E-state index in [1.54, 1.807) is 23.5 Å². The van der Waals surface area contributed by atoms with E-state index in [9.17, 15) is 4.79 Å². The molecule has 1 aromatic carbocycles. The number of anilines is 2. The van der Waals surface area contributed by atoms with Gasteiger partial charge in [0.2, 0.25) is 0 Å². The lowest BCUT2D eigenvalue weighted by Gasteiger charge is -2.36. The SMILES string of the molecule is CCC(C)(C)[C@H]1CCc2c(sc(N)c2C(=O)Nc2cccc(Cl)c2)C1. The summed E-state index contributed by atoms with van der Waals surface area (Å²) in [6.45, 7) is 6.93. The van der Waals surface area contributed by atoms with Crippen LogP contribution in [0.5, 0.6) is 0 Å². The minimum absolute atomic E-state index is 0.134. The number of carbonyl (C=O) groups is 1. The third kappa shape index (κ3) is 3.70. The number of halogens is 1. The fraction of sp³-hybridized carbons (Fsp3) is 0.450. The lowest BCUT2D eigenvalue weighted by atomic mass is 9.69. The van der Waals surface area contributed by atoms with E-state index >= 15 is 0 Å². The first kappa shape index (κ1) is 18.3. The van der Waals surface area contributed by atoms with Gasteiger partial charge in [0.05, 0.1) is 10.6 Å². The third-order valence-corrected chi connectivity index (χ3v) is 6.94. The fourth-order valence-electron chi connectivity index (χ4n) is 3.57. The Labute approximate surface area is 158 Å². The second kappa shape index (κ2) is 7.00. The van der Waals surface area contributed by atoms with E-state index in [-0.39, 0.29) is 5.91 Å². The van der Waals surface area contributed by atoms with Crippen LogP contribution in [0.25, 0.3) is 0 Å². The summed E-state index contributed by atoms with van der Waals surface area (Å²) in [5.41, 5.74) is 9.04. The first-order valence-corrected chi connectivity index (χ1v) is 9.98. The molecule has 0 spiro atoms. The molecule has 0 saturated carbocycles. The molecule has 1 aliphatic carbocycles. The van der Waals surface area contributed by atoms with Crippen molar-refractivity contribution in [2.24, 2.45) is 11.3 Å². The molecule has 134 valence electrons. The molecule has 25 heavy (non-hydrogen) atoms. The molecular formula is C20H25ClN2OS. The first-order valence-electron chi connectivity index (χ1n) is 8.78. The molecule has 3 N–H and O–H groups in total. The summed E-state index contributed by atoms with van der Waals surface area (Å²) < 4.78 is 0. The van der Waals surface area contributed by atoms with Gasteiger partial charge in [0, 0.05) is 15.6 Å². The van der Waals surface area contributed by atoms with Crippen molar-refractivity contribution >= 4 is 39.5 Å². The highest BCUT2D eigenvalue weighted by Gasteiger charge is 2.34. The van der Waals surface area contributed by atoms with Crippen molar-refractivity contribution in [3.05, 3.63) is 45.3 Å². The van der Waals surface area contributed by atoms with Crippen molar-refractivity contribution < 1.29 is 4.79 Å². The molecule has 1 aromatic heterocycles. The zero-order chi connectivity index (χ0) is 18.2. The molecule has 1 aliphatic rings. The van der Waals surface area contributed by atoms with Gasteiger partial charge in [-0.3, -0.25) is 4.79 Å². The van der Waals surface area contributed by atoms with Crippen molar-refractivity contribution in [2.45, 2.75) is 46.5 Å². The number of nitrogens with two attached hydrogens (primary N) is 1. The molecule has 0 radical (unpaired) electrons. The van der Waals surface area contributed by atoms with Gasteiger partial charge in [0.25, 0.3) is 5.91 Å². The van der Waals surface area contributed by atoms with Crippen LogP contribution < -0.4 is 11.1 Å². The monoisotopic (exact) mass is 376 g/mol. The van der Waals surface area contributed by atoms with Crippen molar-refractivity contribution in [3.63, 3.8) is 0 Å². The average Bonchev–Trinajstić information content (AvgIpc) is 2.89. The van der Waals surface area contributed by atoms with Gasteiger partial charge in [-0.1, -0.05) is 44.9 Å². The second-order valence-electron chi connectivity index (χ2n) is 7.49. The zero-order valence-electron chi connectivity index (χ0n) is 15.0. The van der Waals surface area contributed by atoms with Crippen LogP contribution in [0.15, 0.2) is 24.3 Å². The van der Waals surface area contributed by atoms with E-state index < -0.39 is 0 Å². The van der Waals surface area contributed by atoms with E-state index in [0.29, 0.717) is 32.6 Å². The molecule has 5 heteroatoms. The van der Waals surface area contributed by atoms with Crippen molar-refractivity contribution in [1.29, 1.82) is 0 Å². The maximum absolute atomic E-state index is 12.8. The van der Waals surface area contributed by atoms with E-state index in [1.807, 2.05) is 12.1 Å². The number of amides is 1. The number of hydrogen-bond donors (Lipinski definition) is 2. The van der Waals surface area contributed by atoms with E-state index in [2.05, 4.69) is 26.1 Å². The van der Waals surface area contributed by atoms with E-state index in [1.165, 1.54) is 4.88 Å². The Morgan fingerprint density at radius 1 is 1.44 bits per heavy atom. The van der Waals surface area contributed by atoms with Crippen molar-refractivity contribution in [1.82, 2.24) is 0 Å². The normalized spacial score (nSPS) is 17.2. The Kier molecular flexibility index (Phi) is 5.12. The standard InChI is InChI=1S/C20H25ClN2OS/c1-4-20(2,3)12-8-9-15-16(10-12)25-18(22)17(15)19(24)23-14-7-5-6-13(21)11-14/h5-7,11-12H,4,8-10,22H2,1-3H3,(H,23,24)/t12-/m0/s1. The molecular weight excluding hydrogens is 352 g/mol. The quantitative estimate of drug-likeness (QED) is 0.710. The van der Waals surface area contributed by atoms with Gasteiger partial charge in [-0.2, -0.15) is 0 Å². The Morgan fingerprint density at radius 2 is 2.20 bits per heavy atom. The third-order valence-electron chi connectivity index (χ3n) is 5.62. The van der Waals surface area contributed by atoms with Gasteiger partial charge in [0.1, 0.15) is 0 Å². The largest absolute Gasteiger partial charge is 0.390 e. The molecule has 3 nitrogen and oxygen atoms in total. The summed E-state index contributed by atoms with van der Waals surface area (Å²) >= 11 is 7.58. The summed E-state index contributed by atoms with van der Waals surface area (Å²) in [6.07, 6.45) is 4.22. The van der Waals surface area contributed by atoms with E-state index in [4.69, 9.17) is 17.3 Å². The van der Waals surface area contributed by atoms with Crippen LogP contribution in [-0.4, -0.2) is 5.91 Å². The Hall–Kier alpha value is -1.52. The molecule has 0 aliphatic heterocycles.